The first-order chi connectivity index (χ1) is 14.2. The van der Waals surface area contributed by atoms with Crippen LogP contribution < -0.4 is 11.3 Å². The van der Waals surface area contributed by atoms with Crippen LogP contribution in [0.15, 0.2) is 58.2 Å². The lowest BCUT2D eigenvalue weighted by Crippen LogP contribution is -2.37. The van der Waals surface area contributed by atoms with Crippen LogP contribution in [0.5, 0.6) is 0 Å². The molecule has 2 atom stereocenters. The third-order valence-corrected chi connectivity index (χ3v) is 5.43. The molecule has 2 N–H and O–H groups in total. The molecule has 0 saturated heterocycles. The molecule has 0 aromatic carbocycles. The zero-order valence-electron chi connectivity index (χ0n) is 17.9. The van der Waals surface area contributed by atoms with E-state index in [-0.39, 0.29) is 42.0 Å². The fourth-order valence-corrected chi connectivity index (χ4v) is 3.52. The molecule has 162 valence electrons. The molecule has 0 spiro atoms. The van der Waals surface area contributed by atoms with Gasteiger partial charge in [-0.25, -0.2) is 4.39 Å². The Balaban J connectivity index is 2.31. The van der Waals surface area contributed by atoms with Gasteiger partial charge in [-0.1, -0.05) is 24.8 Å². The van der Waals surface area contributed by atoms with Gasteiger partial charge in [0.1, 0.15) is 5.56 Å². The molecule has 0 fully saturated rings. The molecule has 0 aliphatic heterocycles. The topological polar surface area (TPSA) is 68.3 Å². The lowest BCUT2D eigenvalue weighted by molar-refractivity contribution is 0.0807. The van der Waals surface area contributed by atoms with Crippen molar-refractivity contribution in [3.63, 3.8) is 0 Å². The molecule has 0 saturated carbocycles. The van der Waals surface area contributed by atoms with Gasteiger partial charge >= 0.3 is 0 Å². The minimum atomic E-state index is -0.709. The number of likely N-dealkylation sites (N-methyl/N-ethyl adjacent to an activating group) is 1. The Morgan fingerprint density at radius 2 is 2.13 bits per heavy atom. The van der Waals surface area contributed by atoms with E-state index in [2.05, 4.69) is 5.73 Å². The van der Waals surface area contributed by atoms with Crippen molar-refractivity contribution >= 4 is 5.91 Å². The van der Waals surface area contributed by atoms with Gasteiger partial charge in [0.25, 0.3) is 11.5 Å². The molecular weight excluding hydrogens is 388 g/mol. The number of aromatic nitrogens is 1. The average Bonchev–Trinajstić information content (AvgIpc) is 2.88. The Morgan fingerprint density at radius 1 is 1.43 bits per heavy atom. The first kappa shape index (κ1) is 23.4. The Labute approximate surface area is 175 Å². The Bertz CT molecular complexity index is 985. The molecule has 7 heteroatoms. The van der Waals surface area contributed by atoms with Crippen LogP contribution in [-0.2, 0) is 0 Å². The van der Waals surface area contributed by atoms with Crippen LogP contribution in [0.25, 0.3) is 0 Å². The first-order valence-corrected chi connectivity index (χ1v) is 10.0. The molecule has 1 aromatic heterocycles. The number of carbonyl (C=O) groups excluding carboxylic acids is 1. The minimum Gasteiger partial charge on any atom is -0.396 e. The number of allylic oxidation sites excluding steroid dienone is 4. The number of pyridine rings is 1. The lowest BCUT2D eigenvalue weighted by atomic mass is 9.95. The van der Waals surface area contributed by atoms with Gasteiger partial charge in [-0.05, 0) is 50.8 Å². The number of hydrogen-bond acceptors (Lipinski definition) is 3. The zero-order valence-corrected chi connectivity index (χ0v) is 17.9. The van der Waals surface area contributed by atoms with Crippen LogP contribution in [0.2, 0.25) is 0 Å². The fourth-order valence-electron chi connectivity index (χ4n) is 3.52. The summed E-state index contributed by atoms with van der Waals surface area (Å²) < 4.78 is 29.0. The molecule has 30 heavy (non-hydrogen) atoms. The van der Waals surface area contributed by atoms with Crippen molar-refractivity contribution in [2.24, 2.45) is 11.7 Å². The molecule has 0 bridgehead atoms. The Morgan fingerprint density at radius 3 is 2.80 bits per heavy atom. The first-order valence-electron chi connectivity index (χ1n) is 10.0. The van der Waals surface area contributed by atoms with Crippen LogP contribution in [0.3, 0.4) is 0 Å². The van der Waals surface area contributed by atoms with Gasteiger partial charge in [0.2, 0.25) is 0 Å². The fraction of sp³-hybridized carbons (Fsp3) is 0.435. The van der Waals surface area contributed by atoms with Crippen molar-refractivity contribution in [2.45, 2.75) is 46.1 Å². The van der Waals surface area contributed by atoms with Crippen molar-refractivity contribution in [3.8, 4) is 0 Å². The SMILES string of the molecule is C/C=C(/N)C(F)=C=CCN(C)C(=O)c1ccc(C)n(C2CCC(F)=CCC2C)c1=O. The minimum absolute atomic E-state index is 0.0267. The van der Waals surface area contributed by atoms with Gasteiger partial charge in [0, 0.05) is 31.7 Å². The summed E-state index contributed by atoms with van der Waals surface area (Å²) in [7, 11) is 1.52. The van der Waals surface area contributed by atoms with Crippen molar-refractivity contribution in [3.05, 3.63) is 75.1 Å². The highest BCUT2D eigenvalue weighted by Gasteiger charge is 2.26. The van der Waals surface area contributed by atoms with Crippen LogP contribution >= 0.6 is 0 Å². The summed E-state index contributed by atoms with van der Waals surface area (Å²) in [5, 5.41) is 0. The highest BCUT2D eigenvalue weighted by atomic mass is 19.1. The normalized spacial score (nSPS) is 19.4. The second kappa shape index (κ2) is 10.2. The summed E-state index contributed by atoms with van der Waals surface area (Å²) in [6, 6.07) is 3.04. The summed E-state index contributed by atoms with van der Waals surface area (Å²) in [6.45, 7) is 5.46. The van der Waals surface area contributed by atoms with Crippen LogP contribution in [-0.4, -0.2) is 29.0 Å². The van der Waals surface area contributed by atoms with Crippen molar-refractivity contribution in [1.82, 2.24) is 9.47 Å². The summed E-state index contributed by atoms with van der Waals surface area (Å²) >= 11 is 0. The van der Waals surface area contributed by atoms with E-state index in [1.54, 1.807) is 23.6 Å². The van der Waals surface area contributed by atoms with E-state index in [4.69, 9.17) is 5.73 Å². The van der Waals surface area contributed by atoms with Crippen molar-refractivity contribution in [2.75, 3.05) is 13.6 Å². The second-order valence-corrected chi connectivity index (χ2v) is 7.63. The molecule has 1 heterocycles. The summed E-state index contributed by atoms with van der Waals surface area (Å²) in [4.78, 5) is 27.3. The average molecular weight is 418 g/mol. The number of aryl methyl sites for hydroxylation is 1. The maximum absolute atomic E-state index is 13.7. The number of carbonyl (C=O) groups is 1. The van der Waals surface area contributed by atoms with E-state index in [0.717, 1.165) is 5.69 Å². The van der Waals surface area contributed by atoms with E-state index >= 15 is 0 Å². The quantitative estimate of drug-likeness (QED) is 0.573. The van der Waals surface area contributed by atoms with Gasteiger partial charge in [-0.15, -0.1) is 0 Å². The molecule has 2 unspecified atom stereocenters. The number of rotatable bonds is 5. The number of nitrogens with two attached hydrogens (primary N) is 1. The zero-order chi connectivity index (χ0) is 22.4. The molecule has 1 amide bonds. The third kappa shape index (κ3) is 5.36. The number of nitrogens with zero attached hydrogens (tertiary/aromatic N) is 2. The van der Waals surface area contributed by atoms with E-state index in [1.807, 2.05) is 13.8 Å². The second-order valence-electron chi connectivity index (χ2n) is 7.63. The highest BCUT2D eigenvalue weighted by Crippen LogP contribution is 2.32. The summed E-state index contributed by atoms with van der Waals surface area (Å²) in [5.74, 6) is -1.28. The monoisotopic (exact) mass is 417 g/mol. The van der Waals surface area contributed by atoms with Gasteiger partial charge in [0.15, 0.2) is 5.83 Å². The molecule has 1 aliphatic rings. The Kier molecular flexibility index (Phi) is 7.95. The van der Waals surface area contributed by atoms with Crippen LogP contribution in [0, 0.1) is 12.8 Å². The van der Waals surface area contributed by atoms with Crippen molar-refractivity contribution < 1.29 is 13.6 Å². The molecule has 1 aromatic rings. The molecule has 0 radical (unpaired) electrons. The van der Waals surface area contributed by atoms with Gasteiger partial charge < -0.3 is 15.2 Å². The molecule has 2 rings (SSSR count). The number of halogens is 2. The Hall–Kier alpha value is -2.92. The van der Waals surface area contributed by atoms with Gasteiger partial charge in [-0.3, -0.25) is 9.59 Å². The van der Waals surface area contributed by atoms with E-state index in [9.17, 15) is 18.4 Å². The summed E-state index contributed by atoms with van der Waals surface area (Å²) in [5.41, 5.74) is 8.16. The van der Waals surface area contributed by atoms with Gasteiger partial charge in [0.05, 0.1) is 11.5 Å². The molecule has 1 aliphatic carbocycles. The van der Waals surface area contributed by atoms with Crippen LogP contribution in [0.4, 0.5) is 8.78 Å². The largest absolute Gasteiger partial charge is 0.396 e. The van der Waals surface area contributed by atoms with E-state index < -0.39 is 17.3 Å². The van der Waals surface area contributed by atoms with E-state index in [1.165, 1.54) is 30.2 Å². The maximum atomic E-state index is 13.7. The van der Waals surface area contributed by atoms with Crippen molar-refractivity contribution in [1.29, 1.82) is 0 Å². The van der Waals surface area contributed by atoms with E-state index in [0.29, 0.717) is 12.8 Å². The standard InChI is InChI=1S/C23H29F2N3O2/c1-5-20(26)19(25)7-6-14-27(4)22(29)18-12-9-16(3)28(23(18)30)21-13-11-17(24)10-8-15(21)2/h5-6,9-10,12,15,21H,8,11,13-14,26H2,1-4H3/b20-5+. The third-order valence-electron chi connectivity index (χ3n) is 5.43. The summed E-state index contributed by atoms with van der Waals surface area (Å²) in [6.07, 6.45) is 5.65. The predicted molar refractivity (Wildman–Crippen MR) is 114 cm³/mol. The molecule has 5 nitrogen and oxygen atoms in total. The van der Waals surface area contributed by atoms with Gasteiger partial charge in [-0.2, -0.15) is 4.39 Å². The predicted octanol–water partition coefficient (Wildman–Crippen LogP) is 4.31. The maximum Gasteiger partial charge on any atom is 0.263 e. The smallest absolute Gasteiger partial charge is 0.263 e. The highest BCUT2D eigenvalue weighted by molar-refractivity contribution is 5.93. The number of hydrogen-bond donors (Lipinski definition) is 1. The lowest BCUT2D eigenvalue weighted by Gasteiger charge is -2.27. The molecular formula is C23H29F2N3O2. The van der Waals surface area contributed by atoms with Crippen LogP contribution in [0.1, 0.15) is 55.2 Å². The number of amides is 1.